The van der Waals surface area contributed by atoms with Gasteiger partial charge in [0.2, 0.25) is 5.91 Å². The Morgan fingerprint density at radius 2 is 2.17 bits per heavy atom. The number of hydrogen-bond acceptors (Lipinski definition) is 4. The molecule has 0 aliphatic carbocycles. The van der Waals surface area contributed by atoms with Gasteiger partial charge in [-0.15, -0.1) is 0 Å². The first-order chi connectivity index (χ1) is 11.4. The molecule has 1 atom stereocenters. The van der Waals surface area contributed by atoms with Crippen molar-refractivity contribution < 1.29 is 9.59 Å². The Balaban J connectivity index is 2.16. The van der Waals surface area contributed by atoms with Gasteiger partial charge in [0.25, 0.3) is 0 Å². The lowest BCUT2D eigenvalue weighted by molar-refractivity contribution is -0.121. The number of anilines is 1. The number of carbonyl (C=O) groups is 2. The highest BCUT2D eigenvalue weighted by atomic mass is 35.5. The summed E-state index contributed by atoms with van der Waals surface area (Å²) in [6.07, 6.45) is 3.14. The molecule has 0 spiro atoms. The van der Waals surface area contributed by atoms with Crippen LogP contribution in [0.15, 0.2) is 30.9 Å². The number of carbonyl (C=O) groups excluding carboxylic acids is 2. The van der Waals surface area contributed by atoms with Crippen LogP contribution in [0, 0.1) is 0 Å². The first-order valence-corrected chi connectivity index (χ1v) is 7.69. The number of benzene rings is 1. The zero-order chi connectivity index (χ0) is 17.7. The van der Waals surface area contributed by atoms with E-state index in [1.165, 1.54) is 22.2 Å². The van der Waals surface area contributed by atoms with E-state index >= 15 is 0 Å². The second kappa shape index (κ2) is 7.78. The fraction of sp³-hybridized carbons (Fsp3) is 0.333. The van der Waals surface area contributed by atoms with E-state index in [1.54, 1.807) is 39.2 Å². The van der Waals surface area contributed by atoms with Crippen molar-refractivity contribution in [1.82, 2.24) is 25.0 Å². The normalized spacial score (nSPS) is 11.7. The van der Waals surface area contributed by atoms with Crippen molar-refractivity contribution in [2.45, 2.75) is 19.4 Å². The zero-order valence-corrected chi connectivity index (χ0v) is 14.4. The number of nitrogens with zero attached hydrogens (tertiary/aromatic N) is 4. The Morgan fingerprint density at radius 3 is 2.79 bits per heavy atom. The summed E-state index contributed by atoms with van der Waals surface area (Å²) in [5.74, 6) is -0.131. The molecule has 1 unspecified atom stereocenters. The van der Waals surface area contributed by atoms with Crippen LogP contribution in [0.5, 0.6) is 0 Å². The van der Waals surface area contributed by atoms with Gasteiger partial charge in [-0.05, 0) is 25.1 Å². The lowest BCUT2D eigenvalue weighted by Gasteiger charge is -2.25. The van der Waals surface area contributed by atoms with Crippen molar-refractivity contribution in [1.29, 1.82) is 0 Å². The standard InChI is InChI=1S/C15H19ClN6O2/c1-10(6-14(23)17-2)21(3)15(24)20-12-7-11(16)4-5-13(12)22-9-18-8-19-22/h4-5,7-10H,6H2,1-3H3,(H,17,23)(H,20,24). The van der Waals surface area contributed by atoms with Crippen LogP contribution in [-0.4, -0.2) is 51.7 Å². The lowest BCUT2D eigenvalue weighted by Crippen LogP contribution is -2.40. The highest BCUT2D eigenvalue weighted by Crippen LogP contribution is 2.24. The SMILES string of the molecule is CNC(=O)CC(C)N(C)C(=O)Nc1cc(Cl)ccc1-n1cncn1. The number of aromatic nitrogens is 3. The summed E-state index contributed by atoms with van der Waals surface area (Å²) in [7, 11) is 3.19. The van der Waals surface area contributed by atoms with E-state index in [4.69, 9.17) is 11.6 Å². The fourth-order valence-corrected chi connectivity index (χ4v) is 2.22. The largest absolute Gasteiger partial charge is 0.359 e. The van der Waals surface area contributed by atoms with Crippen LogP contribution in [0.3, 0.4) is 0 Å². The second-order valence-electron chi connectivity index (χ2n) is 5.27. The maximum Gasteiger partial charge on any atom is 0.321 e. The van der Waals surface area contributed by atoms with Crippen molar-refractivity contribution in [3.05, 3.63) is 35.9 Å². The predicted molar refractivity (Wildman–Crippen MR) is 91.3 cm³/mol. The van der Waals surface area contributed by atoms with Gasteiger partial charge < -0.3 is 15.5 Å². The van der Waals surface area contributed by atoms with E-state index in [2.05, 4.69) is 20.7 Å². The minimum atomic E-state index is -0.352. The predicted octanol–water partition coefficient (Wildman–Crippen LogP) is 1.91. The Kier molecular flexibility index (Phi) is 5.75. The van der Waals surface area contributed by atoms with Crippen LogP contribution in [0.25, 0.3) is 5.69 Å². The van der Waals surface area contributed by atoms with Crippen molar-refractivity contribution in [2.75, 3.05) is 19.4 Å². The molecule has 0 fully saturated rings. The lowest BCUT2D eigenvalue weighted by atomic mass is 10.2. The molecule has 0 bridgehead atoms. The molecule has 3 amide bonds. The van der Waals surface area contributed by atoms with Crippen LogP contribution in [0.2, 0.25) is 5.02 Å². The third-order valence-electron chi connectivity index (χ3n) is 3.61. The summed E-state index contributed by atoms with van der Waals surface area (Å²) < 4.78 is 1.53. The van der Waals surface area contributed by atoms with Gasteiger partial charge in [-0.25, -0.2) is 14.5 Å². The summed E-state index contributed by atoms with van der Waals surface area (Å²) in [6, 6.07) is 4.45. The molecule has 8 nitrogen and oxygen atoms in total. The molecule has 1 heterocycles. The number of hydrogen-bond donors (Lipinski definition) is 2. The maximum atomic E-state index is 12.5. The van der Waals surface area contributed by atoms with Gasteiger partial charge in [0, 0.05) is 31.6 Å². The summed E-state index contributed by atoms with van der Waals surface area (Å²) in [6.45, 7) is 1.80. The van der Waals surface area contributed by atoms with Gasteiger partial charge in [0.15, 0.2) is 0 Å². The molecule has 0 saturated carbocycles. The smallest absolute Gasteiger partial charge is 0.321 e. The average molecular weight is 351 g/mol. The van der Waals surface area contributed by atoms with Crippen LogP contribution in [-0.2, 0) is 4.79 Å². The topological polar surface area (TPSA) is 92.2 Å². The fourth-order valence-electron chi connectivity index (χ4n) is 2.05. The minimum Gasteiger partial charge on any atom is -0.359 e. The average Bonchev–Trinajstić information content (AvgIpc) is 3.08. The first kappa shape index (κ1) is 17.7. The highest BCUT2D eigenvalue weighted by molar-refractivity contribution is 6.31. The van der Waals surface area contributed by atoms with Gasteiger partial charge >= 0.3 is 6.03 Å². The van der Waals surface area contributed by atoms with Crippen molar-refractivity contribution in [3.63, 3.8) is 0 Å². The molecule has 1 aromatic heterocycles. The van der Waals surface area contributed by atoms with E-state index in [0.29, 0.717) is 16.4 Å². The van der Waals surface area contributed by atoms with Crippen LogP contribution >= 0.6 is 11.6 Å². The number of halogens is 1. The molecular weight excluding hydrogens is 332 g/mol. The van der Waals surface area contributed by atoms with Gasteiger partial charge in [-0.3, -0.25) is 4.79 Å². The van der Waals surface area contributed by atoms with Gasteiger partial charge in [0.1, 0.15) is 12.7 Å². The third kappa shape index (κ3) is 4.23. The minimum absolute atomic E-state index is 0.131. The van der Waals surface area contributed by atoms with Gasteiger partial charge in [0.05, 0.1) is 11.4 Å². The molecule has 9 heteroatoms. The molecule has 2 aromatic rings. The molecule has 2 N–H and O–H groups in total. The van der Waals surface area contributed by atoms with Crippen molar-refractivity contribution >= 4 is 29.2 Å². The Labute approximate surface area is 144 Å². The quantitative estimate of drug-likeness (QED) is 0.861. The number of nitrogens with one attached hydrogen (secondary N) is 2. The van der Waals surface area contributed by atoms with E-state index in [1.807, 2.05) is 0 Å². The van der Waals surface area contributed by atoms with Crippen LogP contribution < -0.4 is 10.6 Å². The zero-order valence-electron chi connectivity index (χ0n) is 13.7. The molecule has 0 aliphatic rings. The third-order valence-corrected chi connectivity index (χ3v) is 3.84. The molecule has 1 aromatic carbocycles. The van der Waals surface area contributed by atoms with E-state index in [0.717, 1.165) is 0 Å². The van der Waals surface area contributed by atoms with E-state index in [-0.39, 0.29) is 24.4 Å². The van der Waals surface area contributed by atoms with E-state index in [9.17, 15) is 9.59 Å². The van der Waals surface area contributed by atoms with Crippen molar-refractivity contribution in [2.24, 2.45) is 0 Å². The second-order valence-corrected chi connectivity index (χ2v) is 5.71. The summed E-state index contributed by atoms with van der Waals surface area (Å²) in [5, 5.41) is 9.88. The Hall–Kier alpha value is -2.61. The molecule has 24 heavy (non-hydrogen) atoms. The maximum absolute atomic E-state index is 12.5. The highest BCUT2D eigenvalue weighted by Gasteiger charge is 2.19. The molecule has 0 saturated heterocycles. The first-order valence-electron chi connectivity index (χ1n) is 7.31. The number of urea groups is 1. The molecule has 0 aliphatic heterocycles. The number of rotatable bonds is 5. The number of amides is 3. The molecule has 2 rings (SSSR count). The summed E-state index contributed by atoms with van der Waals surface area (Å²) in [5.41, 5.74) is 1.13. The summed E-state index contributed by atoms with van der Waals surface area (Å²) >= 11 is 6.03. The molecule has 0 radical (unpaired) electrons. The Morgan fingerprint density at radius 1 is 1.42 bits per heavy atom. The van der Waals surface area contributed by atoms with Gasteiger partial charge in [-0.2, -0.15) is 5.10 Å². The van der Waals surface area contributed by atoms with Crippen LogP contribution in [0.4, 0.5) is 10.5 Å². The van der Waals surface area contributed by atoms with Crippen molar-refractivity contribution in [3.8, 4) is 5.69 Å². The van der Waals surface area contributed by atoms with E-state index < -0.39 is 0 Å². The summed E-state index contributed by atoms with van der Waals surface area (Å²) in [4.78, 5) is 29.3. The Bertz CT molecular complexity index is 719. The molecule has 128 valence electrons. The molecular formula is C15H19ClN6O2. The van der Waals surface area contributed by atoms with Gasteiger partial charge in [-0.1, -0.05) is 11.6 Å². The van der Waals surface area contributed by atoms with Crippen LogP contribution in [0.1, 0.15) is 13.3 Å². The monoisotopic (exact) mass is 350 g/mol.